The largest absolute Gasteiger partial charge is 0.497 e. The highest BCUT2D eigenvalue weighted by Crippen LogP contribution is 2.60. The molecule has 0 spiro atoms. The summed E-state index contributed by atoms with van der Waals surface area (Å²) in [5, 5.41) is 0.540. The van der Waals surface area contributed by atoms with Gasteiger partial charge in [-0.1, -0.05) is 44.7 Å². The fraction of sp³-hybridized carbons (Fsp3) is 0.750. The van der Waals surface area contributed by atoms with E-state index in [0.29, 0.717) is 53.8 Å². The van der Waals surface area contributed by atoms with Crippen LogP contribution in [0.4, 0.5) is 0 Å². The van der Waals surface area contributed by atoms with Crippen LogP contribution in [0.1, 0.15) is 104 Å². The van der Waals surface area contributed by atoms with Crippen LogP contribution in [0, 0.1) is 29.1 Å². The van der Waals surface area contributed by atoms with E-state index in [0.717, 1.165) is 43.4 Å². The summed E-state index contributed by atoms with van der Waals surface area (Å²) in [7, 11) is 1.60. The van der Waals surface area contributed by atoms with Crippen molar-refractivity contribution in [3.8, 4) is 11.5 Å². The molecule has 6 heteroatoms. The highest BCUT2D eigenvalue weighted by atomic mass is 35.5. The molecule has 4 fully saturated rings. The SMILES string of the molecule is CC(N)C12CC3CC(CC(C3)C1)C2.CCC(=O)C(CCCCCCOc1ccc(OC)cc1Cl)C(=O)CC. The first-order valence-electron chi connectivity index (χ1n) is 15.0. The van der Waals surface area contributed by atoms with Gasteiger partial charge < -0.3 is 15.2 Å². The molecule has 2 N–H and O–H groups in total. The summed E-state index contributed by atoms with van der Waals surface area (Å²) in [4.78, 5) is 23.7. The molecule has 1 aromatic carbocycles. The normalized spacial score (nSPS) is 26.0. The summed E-state index contributed by atoms with van der Waals surface area (Å²) in [6, 6.07) is 5.79. The van der Waals surface area contributed by atoms with Crippen molar-refractivity contribution in [3.63, 3.8) is 0 Å². The lowest BCUT2D eigenvalue weighted by Gasteiger charge is -2.58. The van der Waals surface area contributed by atoms with E-state index in [4.69, 9.17) is 26.8 Å². The maximum absolute atomic E-state index is 11.9. The minimum absolute atomic E-state index is 0.0735. The number of unbranched alkanes of at least 4 members (excludes halogenated alkanes) is 3. The van der Waals surface area contributed by atoms with Gasteiger partial charge in [-0.25, -0.2) is 0 Å². The minimum atomic E-state index is -0.399. The van der Waals surface area contributed by atoms with Gasteiger partial charge in [0, 0.05) is 24.9 Å². The first kappa shape index (κ1) is 30.9. The summed E-state index contributed by atoms with van der Waals surface area (Å²) >= 11 is 6.12. The van der Waals surface area contributed by atoms with Crippen LogP contribution in [0.3, 0.4) is 0 Å². The van der Waals surface area contributed by atoms with E-state index < -0.39 is 5.92 Å². The molecule has 0 aliphatic heterocycles. The Labute approximate surface area is 235 Å². The van der Waals surface area contributed by atoms with Crippen molar-refractivity contribution in [2.24, 2.45) is 34.8 Å². The molecule has 5 nitrogen and oxygen atoms in total. The zero-order valence-electron chi connectivity index (χ0n) is 24.1. The second kappa shape index (κ2) is 14.7. The summed E-state index contributed by atoms with van der Waals surface area (Å²) in [5.74, 6) is 4.27. The topological polar surface area (TPSA) is 78.6 Å². The highest BCUT2D eigenvalue weighted by Gasteiger charge is 2.52. The average Bonchev–Trinajstić information content (AvgIpc) is 2.89. The molecule has 4 saturated carbocycles. The molecule has 4 aliphatic carbocycles. The minimum Gasteiger partial charge on any atom is -0.497 e. The van der Waals surface area contributed by atoms with E-state index >= 15 is 0 Å². The Bertz CT molecular complexity index is 863. The Morgan fingerprint density at radius 3 is 2.00 bits per heavy atom. The van der Waals surface area contributed by atoms with E-state index in [1.165, 1.54) is 38.5 Å². The molecule has 4 bridgehead atoms. The number of benzene rings is 1. The standard InChI is InChI=1S/C20H29ClO4.C12H21N/c1-4-18(22)16(19(23)5-2)10-8-6-7-9-13-25-20-12-11-15(24-3)14-17(20)21;1-8(13)12-5-9-2-10(6-12)4-11(3-9)7-12/h11-12,14,16H,4-10,13H2,1-3H3;8-11H,2-7,13H2,1H3. The second-order valence-corrected chi connectivity index (χ2v) is 12.5. The molecule has 0 radical (unpaired) electrons. The van der Waals surface area contributed by atoms with Gasteiger partial charge in [0.1, 0.15) is 23.1 Å². The number of ketones is 2. The summed E-state index contributed by atoms with van der Waals surface area (Å²) < 4.78 is 10.8. The second-order valence-electron chi connectivity index (χ2n) is 12.1. The molecule has 0 amide bonds. The Balaban J connectivity index is 0.000000252. The van der Waals surface area contributed by atoms with Crippen molar-refractivity contribution >= 4 is 23.2 Å². The van der Waals surface area contributed by atoms with Gasteiger partial charge in [0.25, 0.3) is 0 Å². The monoisotopic (exact) mass is 547 g/mol. The number of hydrogen-bond acceptors (Lipinski definition) is 5. The zero-order valence-corrected chi connectivity index (χ0v) is 24.9. The lowest BCUT2D eigenvalue weighted by atomic mass is 9.48. The maximum atomic E-state index is 11.9. The van der Waals surface area contributed by atoms with Gasteiger partial charge in [-0.3, -0.25) is 9.59 Å². The van der Waals surface area contributed by atoms with Gasteiger partial charge in [0.2, 0.25) is 0 Å². The predicted octanol–water partition coefficient (Wildman–Crippen LogP) is 7.80. The van der Waals surface area contributed by atoms with Crippen LogP contribution < -0.4 is 15.2 Å². The van der Waals surface area contributed by atoms with Crippen molar-refractivity contribution < 1.29 is 19.1 Å². The summed E-state index contributed by atoms with van der Waals surface area (Å²) in [6.45, 7) is 6.48. The van der Waals surface area contributed by atoms with Gasteiger partial charge in [0.15, 0.2) is 0 Å². The van der Waals surface area contributed by atoms with Crippen LogP contribution in [0.15, 0.2) is 18.2 Å². The number of carbonyl (C=O) groups is 2. The van der Waals surface area contributed by atoms with Crippen LogP contribution >= 0.6 is 11.6 Å². The molecular formula is C32H50ClNO4. The van der Waals surface area contributed by atoms with E-state index in [-0.39, 0.29) is 11.6 Å². The third-order valence-electron chi connectivity index (χ3n) is 9.31. The summed E-state index contributed by atoms with van der Waals surface area (Å²) in [6.07, 6.45) is 14.3. The van der Waals surface area contributed by atoms with Crippen LogP contribution in [-0.2, 0) is 9.59 Å². The number of ether oxygens (including phenoxy) is 2. The van der Waals surface area contributed by atoms with Gasteiger partial charge in [0.05, 0.1) is 24.7 Å². The molecule has 0 aromatic heterocycles. The molecule has 4 aliphatic rings. The molecule has 0 heterocycles. The quantitative estimate of drug-likeness (QED) is 0.190. The fourth-order valence-electron chi connectivity index (χ4n) is 7.44. The smallest absolute Gasteiger partial charge is 0.143 e. The first-order valence-corrected chi connectivity index (χ1v) is 15.4. The fourth-order valence-corrected chi connectivity index (χ4v) is 7.67. The molecule has 38 heavy (non-hydrogen) atoms. The van der Waals surface area contributed by atoms with Crippen molar-refractivity contribution in [1.82, 2.24) is 0 Å². The van der Waals surface area contributed by atoms with Crippen LogP contribution in [0.25, 0.3) is 0 Å². The zero-order chi connectivity index (χ0) is 27.7. The third kappa shape index (κ3) is 8.21. The Kier molecular flexibility index (Phi) is 12.0. The Morgan fingerprint density at radius 2 is 1.53 bits per heavy atom. The lowest BCUT2D eigenvalue weighted by molar-refractivity contribution is -0.132. The first-order chi connectivity index (χ1) is 18.2. The predicted molar refractivity (Wildman–Crippen MR) is 155 cm³/mol. The number of halogens is 1. The van der Waals surface area contributed by atoms with Crippen LogP contribution in [-0.4, -0.2) is 31.3 Å². The molecule has 1 unspecified atom stereocenters. The molecular weight excluding hydrogens is 498 g/mol. The Morgan fingerprint density at radius 1 is 0.974 bits per heavy atom. The average molecular weight is 548 g/mol. The molecule has 1 aromatic rings. The molecule has 214 valence electrons. The van der Waals surface area contributed by atoms with Crippen LogP contribution in [0.5, 0.6) is 11.5 Å². The number of methoxy groups -OCH3 is 1. The van der Waals surface area contributed by atoms with Gasteiger partial charge in [-0.2, -0.15) is 0 Å². The Hall–Kier alpha value is -1.59. The lowest BCUT2D eigenvalue weighted by Crippen LogP contribution is -2.53. The van der Waals surface area contributed by atoms with E-state index in [2.05, 4.69) is 6.92 Å². The van der Waals surface area contributed by atoms with Crippen molar-refractivity contribution in [2.45, 2.75) is 110 Å². The number of Topliss-reactive ketones (excluding diaryl/α,β-unsaturated/α-hetero) is 2. The van der Waals surface area contributed by atoms with Gasteiger partial charge >= 0.3 is 0 Å². The summed E-state index contributed by atoms with van der Waals surface area (Å²) in [5.41, 5.74) is 6.77. The van der Waals surface area contributed by atoms with Crippen LogP contribution in [0.2, 0.25) is 5.02 Å². The van der Waals surface area contributed by atoms with E-state index in [1.54, 1.807) is 19.2 Å². The van der Waals surface area contributed by atoms with E-state index in [1.807, 2.05) is 19.9 Å². The number of hydrogen-bond donors (Lipinski definition) is 1. The van der Waals surface area contributed by atoms with E-state index in [9.17, 15) is 9.59 Å². The third-order valence-corrected chi connectivity index (χ3v) is 9.60. The van der Waals surface area contributed by atoms with Gasteiger partial charge in [-0.05, 0) is 93.6 Å². The van der Waals surface area contributed by atoms with Crippen molar-refractivity contribution in [3.05, 3.63) is 23.2 Å². The molecule has 1 atom stereocenters. The molecule has 0 saturated heterocycles. The molecule has 5 rings (SSSR count). The van der Waals surface area contributed by atoms with Crippen molar-refractivity contribution in [2.75, 3.05) is 13.7 Å². The van der Waals surface area contributed by atoms with Crippen molar-refractivity contribution in [1.29, 1.82) is 0 Å². The number of nitrogens with two attached hydrogens (primary N) is 1. The maximum Gasteiger partial charge on any atom is 0.143 e. The highest BCUT2D eigenvalue weighted by molar-refractivity contribution is 6.32. The number of carbonyl (C=O) groups excluding carboxylic acids is 2. The number of rotatable bonds is 14. The van der Waals surface area contributed by atoms with Gasteiger partial charge in [-0.15, -0.1) is 0 Å².